The summed E-state index contributed by atoms with van der Waals surface area (Å²) in [5.41, 5.74) is 0.473. The molecular weight excluding hydrogens is 232 g/mol. The first-order valence-corrected chi connectivity index (χ1v) is 8.42. The molecule has 0 aromatic carbocycles. The maximum absolute atomic E-state index is 3.85. The van der Waals surface area contributed by atoms with E-state index in [1.54, 1.807) is 0 Å². The zero-order valence-electron chi connectivity index (χ0n) is 13.5. The molecule has 1 saturated carbocycles. The zero-order chi connectivity index (χ0) is 13.9. The number of piperidine rings is 1. The van der Waals surface area contributed by atoms with E-state index in [9.17, 15) is 0 Å². The molecule has 2 nitrogen and oxygen atoms in total. The molecule has 1 aliphatic heterocycles. The molecule has 0 spiro atoms. The highest BCUT2D eigenvalue weighted by molar-refractivity contribution is 4.87. The zero-order valence-corrected chi connectivity index (χ0v) is 13.5. The first-order chi connectivity index (χ1) is 8.96. The van der Waals surface area contributed by atoms with Gasteiger partial charge in [-0.15, -0.1) is 0 Å². The summed E-state index contributed by atoms with van der Waals surface area (Å²) in [5.74, 6) is 1.89. The Hall–Kier alpha value is -0.0800. The summed E-state index contributed by atoms with van der Waals surface area (Å²) < 4.78 is 0. The largest absolute Gasteiger partial charge is 0.312 e. The molecule has 0 bridgehead atoms. The summed E-state index contributed by atoms with van der Waals surface area (Å²) in [6, 6.07) is 0.744. The molecule has 2 aliphatic rings. The smallest absolute Gasteiger partial charge is 0.0198 e. The van der Waals surface area contributed by atoms with Gasteiger partial charge in [0.15, 0.2) is 0 Å². The number of nitrogens with zero attached hydrogens (tertiary/aromatic N) is 1. The average molecular weight is 266 g/mol. The fourth-order valence-corrected chi connectivity index (χ4v) is 3.62. The van der Waals surface area contributed by atoms with Crippen molar-refractivity contribution in [2.45, 2.75) is 65.8 Å². The summed E-state index contributed by atoms with van der Waals surface area (Å²) in [4.78, 5) is 2.70. The molecule has 2 rings (SSSR count). The fraction of sp³-hybridized carbons (Fsp3) is 1.00. The lowest BCUT2D eigenvalue weighted by atomic mass is 9.80. The van der Waals surface area contributed by atoms with Gasteiger partial charge in [0.2, 0.25) is 0 Å². The second-order valence-electron chi connectivity index (χ2n) is 8.17. The minimum Gasteiger partial charge on any atom is -0.312 e. The van der Waals surface area contributed by atoms with Crippen molar-refractivity contribution in [1.29, 1.82) is 0 Å². The number of likely N-dealkylation sites (tertiary alicyclic amines) is 1. The van der Waals surface area contributed by atoms with Crippen molar-refractivity contribution in [3.63, 3.8) is 0 Å². The molecule has 2 fully saturated rings. The molecule has 1 N–H and O–H groups in total. The highest BCUT2D eigenvalue weighted by atomic mass is 15.2. The van der Waals surface area contributed by atoms with E-state index in [-0.39, 0.29) is 0 Å². The third-order valence-electron chi connectivity index (χ3n) is 4.45. The second kappa shape index (κ2) is 6.58. The van der Waals surface area contributed by atoms with Gasteiger partial charge in [0.1, 0.15) is 0 Å². The van der Waals surface area contributed by atoms with E-state index in [1.807, 2.05) is 0 Å². The standard InChI is InChI=1S/C17H34N2/c1-5-8-19-12-15(10-17(2,3)4)9-16(13-19)18-11-14-6-7-14/h14-16,18H,5-13H2,1-4H3. The third kappa shape index (κ3) is 5.83. The van der Waals surface area contributed by atoms with E-state index in [2.05, 4.69) is 37.9 Å². The quantitative estimate of drug-likeness (QED) is 0.791. The van der Waals surface area contributed by atoms with Gasteiger partial charge in [-0.05, 0) is 62.4 Å². The van der Waals surface area contributed by atoms with Gasteiger partial charge in [0.05, 0.1) is 0 Å². The Morgan fingerprint density at radius 2 is 1.84 bits per heavy atom. The summed E-state index contributed by atoms with van der Waals surface area (Å²) in [5, 5.41) is 3.85. The van der Waals surface area contributed by atoms with Crippen LogP contribution < -0.4 is 5.32 Å². The lowest BCUT2D eigenvalue weighted by Crippen LogP contribution is -2.50. The van der Waals surface area contributed by atoms with Gasteiger partial charge in [-0.2, -0.15) is 0 Å². The van der Waals surface area contributed by atoms with Crippen molar-refractivity contribution in [3.05, 3.63) is 0 Å². The first-order valence-electron chi connectivity index (χ1n) is 8.42. The van der Waals surface area contributed by atoms with Gasteiger partial charge in [-0.1, -0.05) is 27.7 Å². The Bertz CT molecular complexity index is 265. The Balaban J connectivity index is 1.83. The van der Waals surface area contributed by atoms with Crippen LogP contribution in [0.2, 0.25) is 0 Å². The summed E-state index contributed by atoms with van der Waals surface area (Å²) in [6.45, 7) is 14.6. The molecule has 19 heavy (non-hydrogen) atoms. The molecule has 112 valence electrons. The van der Waals surface area contributed by atoms with Crippen LogP contribution in [0.3, 0.4) is 0 Å². The second-order valence-corrected chi connectivity index (χ2v) is 8.17. The van der Waals surface area contributed by atoms with Crippen LogP contribution in [0.15, 0.2) is 0 Å². The Labute approximate surface area is 120 Å². The molecule has 0 aromatic heterocycles. The van der Waals surface area contributed by atoms with Crippen molar-refractivity contribution in [3.8, 4) is 0 Å². The lowest BCUT2D eigenvalue weighted by Gasteiger charge is -2.40. The van der Waals surface area contributed by atoms with Crippen molar-refractivity contribution >= 4 is 0 Å². The molecule has 1 aliphatic carbocycles. The highest BCUT2D eigenvalue weighted by Gasteiger charge is 2.30. The predicted molar refractivity (Wildman–Crippen MR) is 83.4 cm³/mol. The molecular formula is C17H34N2. The van der Waals surface area contributed by atoms with Crippen LogP contribution in [-0.2, 0) is 0 Å². The molecule has 0 aromatic rings. The van der Waals surface area contributed by atoms with Gasteiger partial charge >= 0.3 is 0 Å². The van der Waals surface area contributed by atoms with Gasteiger partial charge in [0.25, 0.3) is 0 Å². The monoisotopic (exact) mass is 266 g/mol. The third-order valence-corrected chi connectivity index (χ3v) is 4.45. The molecule has 0 radical (unpaired) electrons. The number of nitrogens with one attached hydrogen (secondary N) is 1. The van der Waals surface area contributed by atoms with Crippen molar-refractivity contribution < 1.29 is 0 Å². The van der Waals surface area contributed by atoms with Crippen LogP contribution in [0.1, 0.15) is 59.8 Å². The van der Waals surface area contributed by atoms with Crippen LogP contribution in [0.4, 0.5) is 0 Å². The number of rotatable bonds is 6. The first kappa shape index (κ1) is 15.3. The molecule has 1 heterocycles. The molecule has 2 atom stereocenters. The van der Waals surface area contributed by atoms with E-state index in [1.165, 1.54) is 58.3 Å². The fourth-order valence-electron chi connectivity index (χ4n) is 3.62. The summed E-state index contributed by atoms with van der Waals surface area (Å²) in [6.07, 6.45) is 6.98. The Morgan fingerprint density at radius 3 is 2.42 bits per heavy atom. The van der Waals surface area contributed by atoms with Gasteiger partial charge in [-0.25, -0.2) is 0 Å². The number of hydrogen-bond donors (Lipinski definition) is 1. The Kier molecular flexibility index (Phi) is 5.30. The summed E-state index contributed by atoms with van der Waals surface area (Å²) in [7, 11) is 0. The maximum Gasteiger partial charge on any atom is 0.0198 e. The van der Waals surface area contributed by atoms with E-state index in [0.29, 0.717) is 5.41 Å². The van der Waals surface area contributed by atoms with Crippen LogP contribution in [0.25, 0.3) is 0 Å². The van der Waals surface area contributed by atoms with Crippen LogP contribution in [0, 0.1) is 17.3 Å². The van der Waals surface area contributed by atoms with E-state index >= 15 is 0 Å². The lowest BCUT2D eigenvalue weighted by molar-refractivity contribution is 0.113. The Morgan fingerprint density at radius 1 is 1.11 bits per heavy atom. The van der Waals surface area contributed by atoms with Crippen molar-refractivity contribution in [2.75, 3.05) is 26.2 Å². The average Bonchev–Trinajstić information content (AvgIpc) is 3.08. The van der Waals surface area contributed by atoms with Crippen LogP contribution in [-0.4, -0.2) is 37.1 Å². The number of hydrogen-bond acceptors (Lipinski definition) is 2. The normalized spacial score (nSPS) is 29.7. The van der Waals surface area contributed by atoms with E-state index in [0.717, 1.165) is 17.9 Å². The maximum atomic E-state index is 3.85. The van der Waals surface area contributed by atoms with Gasteiger partial charge in [0, 0.05) is 19.1 Å². The predicted octanol–water partition coefficient (Wildman–Crippen LogP) is 3.52. The van der Waals surface area contributed by atoms with E-state index in [4.69, 9.17) is 0 Å². The van der Waals surface area contributed by atoms with Crippen molar-refractivity contribution in [1.82, 2.24) is 10.2 Å². The minimum atomic E-state index is 0.473. The van der Waals surface area contributed by atoms with E-state index < -0.39 is 0 Å². The highest BCUT2D eigenvalue weighted by Crippen LogP contribution is 2.31. The molecule has 2 unspecified atom stereocenters. The minimum absolute atomic E-state index is 0.473. The SMILES string of the molecule is CCCN1CC(CC(C)(C)C)CC(NCC2CC2)C1. The van der Waals surface area contributed by atoms with Crippen LogP contribution >= 0.6 is 0 Å². The van der Waals surface area contributed by atoms with Crippen LogP contribution in [0.5, 0.6) is 0 Å². The summed E-state index contributed by atoms with van der Waals surface area (Å²) >= 11 is 0. The molecule has 1 saturated heterocycles. The van der Waals surface area contributed by atoms with Gasteiger partial charge < -0.3 is 10.2 Å². The van der Waals surface area contributed by atoms with Crippen molar-refractivity contribution in [2.24, 2.45) is 17.3 Å². The molecule has 2 heteroatoms. The molecule has 0 amide bonds. The van der Waals surface area contributed by atoms with Gasteiger partial charge in [-0.3, -0.25) is 0 Å². The topological polar surface area (TPSA) is 15.3 Å².